The second kappa shape index (κ2) is 6.29. The summed E-state index contributed by atoms with van der Waals surface area (Å²) < 4.78 is 30.3. The zero-order valence-electron chi connectivity index (χ0n) is 14.6. The van der Waals surface area contributed by atoms with Crippen molar-refractivity contribution in [2.45, 2.75) is 64.1 Å². The maximum Gasteiger partial charge on any atom is 0.247 e. The molecule has 7 heteroatoms. The van der Waals surface area contributed by atoms with Gasteiger partial charge in [0.15, 0.2) is 0 Å². The van der Waals surface area contributed by atoms with Gasteiger partial charge in [0.05, 0.1) is 23.1 Å². The molecule has 2 aromatic heterocycles. The van der Waals surface area contributed by atoms with Gasteiger partial charge in [0.2, 0.25) is 10.0 Å². The fourth-order valence-corrected chi connectivity index (χ4v) is 5.50. The van der Waals surface area contributed by atoms with Crippen LogP contribution >= 0.6 is 0 Å². The van der Waals surface area contributed by atoms with Crippen LogP contribution in [-0.4, -0.2) is 33.5 Å². The van der Waals surface area contributed by atoms with E-state index in [-0.39, 0.29) is 12.1 Å². The first-order valence-corrected chi connectivity index (χ1v) is 9.80. The van der Waals surface area contributed by atoms with E-state index >= 15 is 0 Å². The monoisotopic (exact) mass is 348 g/mol. The first-order chi connectivity index (χ1) is 11.4. The lowest BCUT2D eigenvalue weighted by atomic mass is 10.2. The number of aromatic nitrogens is 3. The van der Waals surface area contributed by atoms with E-state index in [0.29, 0.717) is 22.8 Å². The molecule has 2 aromatic rings. The van der Waals surface area contributed by atoms with Gasteiger partial charge >= 0.3 is 0 Å². The molecule has 0 bridgehead atoms. The lowest BCUT2D eigenvalue weighted by Crippen LogP contribution is -2.36. The maximum atomic E-state index is 13.4. The predicted octanol–water partition coefficient (Wildman–Crippen LogP) is 2.83. The van der Waals surface area contributed by atoms with E-state index in [9.17, 15) is 8.42 Å². The molecule has 0 spiro atoms. The number of hydrogen-bond acceptors (Lipinski definition) is 4. The van der Waals surface area contributed by atoms with Crippen molar-refractivity contribution in [2.75, 3.05) is 0 Å². The van der Waals surface area contributed by atoms with Crippen LogP contribution in [0.3, 0.4) is 0 Å². The summed E-state index contributed by atoms with van der Waals surface area (Å²) in [5.74, 6) is 0. The number of aryl methyl sites for hydroxylation is 2. The third-order valence-corrected chi connectivity index (χ3v) is 6.83. The highest BCUT2D eigenvalue weighted by Gasteiger charge is 2.43. The Hall–Kier alpha value is -1.73. The molecule has 130 valence electrons. The van der Waals surface area contributed by atoms with E-state index in [4.69, 9.17) is 0 Å². The Kier molecular flexibility index (Phi) is 4.48. The standard InChI is InChI=1S/C17H24N4O2S/c1-5-20-14(4)17(12(2)19-20)24(22,23)21(15-9-10-15)13(3)16-8-6-7-11-18-16/h6-8,11,13,15H,5,9-10H2,1-4H3. The second-order valence-corrected chi connectivity index (χ2v) is 8.09. The maximum absolute atomic E-state index is 13.4. The van der Waals surface area contributed by atoms with Crippen LogP contribution in [0.1, 0.15) is 49.8 Å². The van der Waals surface area contributed by atoms with Crippen molar-refractivity contribution in [3.8, 4) is 0 Å². The van der Waals surface area contributed by atoms with Gasteiger partial charge < -0.3 is 0 Å². The van der Waals surface area contributed by atoms with Gasteiger partial charge in [-0.15, -0.1) is 0 Å². The number of nitrogens with zero attached hydrogens (tertiary/aromatic N) is 4. The zero-order valence-corrected chi connectivity index (χ0v) is 15.4. The van der Waals surface area contributed by atoms with E-state index in [2.05, 4.69) is 10.1 Å². The van der Waals surface area contributed by atoms with Crippen LogP contribution in [0, 0.1) is 13.8 Å². The van der Waals surface area contributed by atoms with Crippen molar-refractivity contribution < 1.29 is 8.42 Å². The normalized spacial score (nSPS) is 16.5. The molecule has 1 fully saturated rings. The first kappa shape index (κ1) is 17.1. The van der Waals surface area contributed by atoms with Crippen molar-refractivity contribution in [2.24, 2.45) is 0 Å². The molecule has 3 rings (SSSR count). The average molecular weight is 348 g/mol. The molecular weight excluding hydrogens is 324 g/mol. The van der Waals surface area contributed by atoms with Gasteiger partial charge in [-0.25, -0.2) is 8.42 Å². The number of pyridine rings is 1. The van der Waals surface area contributed by atoms with Gasteiger partial charge in [-0.3, -0.25) is 9.67 Å². The van der Waals surface area contributed by atoms with Crippen LogP contribution in [0.15, 0.2) is 29.3 Å². The summed E-state index contributed by atoms with van der Waals surface area (Å²) in [6, 6.07) is 5.36. The Morgan fingerprint density at radius 2 is 2.04 bits per heavy atom. The minimum absolute atomic E-state index is 0.0517. The summed E-state index contributed by atoms with van der Waals surface area (Å²) in [6.07, 6.45) is 3.50. The Balaban J connectivity index is 2.07. The molecule has 1 saturated carbocycles. The zero-order chi connectivity index (χ0) is 17.5. The van der Waals surface area contributed by atoms with Crippen molar-refractivity contribution in [3.05, 3.63) is 41.5 Å². The summed E-state index contributed by atoms with van der Waals surface area (Å²) in [5.41, 5.74) is 2.04. The number of rotatable bonds is 6. The van der Waals surface area contributed by atoms with Crippen LogP contribution in [-0.2, 0) is 16.6 Å². The highest BCUT2D eigenvalue weighted by molar-refractivity contribution is 7.89. The molecule has 0 amide bonds. The highest BCUT2D eigenvalue weighted by atomic mass is 32.2. The minimum Gasteiger partial charge on any atom is -0.268 e. The summed E-state index contributed by atoms with van der Waals surface area (Å²) in [7, 11) is -3.63. The smallest absolute Gasteiger partial charge is 0.247 e. The topological polar surface area (TPSA) is 68.1 Å². The molecule has 0 aromatic carbocycles. The molecule has 1 aliphatic rings. The van der Waals surface area contributed by atoms with E-state index in [1.807, 2.05) is 39.0 Å². The Labute approximate surface area is 143 Å². The van der Waals surface area contributed by atoms with E-state index in [0.717, 1.165) is 18.5 Å². The summed E-state index contributed by atoms with van der Waals surface area (Å²) in [6.45, 7) is 8.12. The third-order valence-electron chi connectivity index (χ3n) is 4.55. The number of hydrogen-bond donors (Lipinski definition) is 0. The molecule has 0 N–H and O–H groups in total. The van der Waals surface area contributed by atoms with Crippen molar-refractivity contribution in [1.29, 1.82) is 0 Å². The lowest BCUT2D eigenvalue weighted by Gasteiger charge is -2.28. The first-order valence-electron chi connectivity index (χ1n) is 8.36. The largest absolute Gasteiger partial charge is 0.268 e. The van der Waals surface area contributed by atoms with E-state index in [1.165, 1.54) is 0 Å². The lowest BCUT2D eigenvalue weighted by molar-refractivity contribution is 0.328. The minimum atomic E-state index is -3.63. The van der Waals surface area contributed by atoms with Crippen molar-refractivity contribution >= 4 is 10.0 Å². The average Bonchev–Trinajstić information content (AvgIpc) is 3.32. The Morgan fingerprint density at radius 1 is 1.33 bits per heavy atom. The quantitative estimate of drug-likeness (QED) is 0.805. The molecule has 1 atom stereocenters. The Morgan fingerprint density at radius 3 is 2.54 bits per heavy atom. The molecule has 0 radical (unpaired) electrons. The van der Waals surface area contributed by atoms with Gasteiger partial charge in [0.25, 0.3) is 0 Å². The van der Waals surface area contributed by atoms with E-state index < -0.39 is 10.0 Å². The fourth-order valence-electron chi connectivity index (χ4n) is 3.27. The van der Waals surface area contributed by atoms with E-state index in [1.54, 1.807) is 22.1 Å². The van der Waals surface area contributed by atoms with Gasteiger partial charge in [-0.1, -0.05) is 6.07 Å². The summed E-state index contributed by atoms with van der Waals surface area (Å²) in [5, 5.41) is 4.38. The van der Waals surface area contributed by atoms with Gasteiger partial charge in [-0.2, -0.15) is 9.40 Å². The summed E-state index contributed by atoms with van der Waals surface area (Å²) in [4.78, 5) is 4.70. The van der Waals surface area contributed by atoms with Gasteiger partial charge in [0.1, 0.15) is 4.90 Å². The van der Waals surface area contributed by atoms with Crippen LogP contribution in [0.25, 0.3) is 0 Å². The summed E-state index contributed by atoms with van der Waals surface area (Å²) >= 11 is 0. The molecule has 1 unspecified atom stereocenters. The highest BCUT2D eigenvalue weighted by Crippen LogP contribution is 2.39. The Bertz CT molecular complexity index is 826. The van der Waals surface area contributed by atoms with Gasteiger partial charge in [-0.05, 0) is 52.7 Å². The molecule has 2 heterocycles. The molecule has 0 aliphatic heterocycles. The molecule has 24 heavy (non-hydrogen) atoms. The third kappa shape index (κ3) is 2.86. The number of sulfonamides is 1. The SMILES string of the molecule is CCn1nc(C)c(S(=O)(=O)N(C2CC2)C(C)c2ccccn2)c1C. The van der Waals surface area contributed by atoms with Gasteiger partial charge in [0, 0.05) is 18.8 Å². The van der Waals surface area contributed by atoms with Crippen LogP contribution in [0.4, 0.5) is 0 Å². The van der Waals surface area contributed by atoms with Crippen molar-refractivity contribution in [1.82, 2.24) is 19.1 Å². The fraction of sp³-hybridized carbons (Fsp3) is 0.529. The van der Waals surface area contributed by atoms with Crippen LogP contribution in [0.2, 0.25) is 0 Å². The van der Waals surface area contributed by atoms with Crippen LogP contribution < -0.4 is 0 Å². The molecular formula is C17H24N4O2S. The molecule has 6 nitrogen and oxygen atoms in total. The predicted molar refractivity (Wildman–Crippen MR) is 92.1 cm³/mol. The van der Waals surface area contributed by atoms with Crippen LogP contribution in [0.5, 0.6) is 0 Å². The molecule has 1 aliphatic carbocycles. The molecule has 0 saturated heterocycles. The van der Waals surface area contributed by atoms with Crippen molar-refractivity contribution in [3.63, 3.8) is 0 Å². The second-order valence-electron chi connectivity index (χ2n) is 6.31.